The first-order chi connectivity index (χ1) is 13.9. The Morgan fingerprint density at radius 2 is 1.25 bits per heavy atom. The maximum atomic E-state index is 2.45. The lowest BCUT2D eigenvalue weighted by atomic mass is 9.99. The number of pyridine rings is 1. The zero-order chi connectivity index (χ0) is 18.2. The fraction of sp³-hybridized carbons (Fsp3) is 0.0370. The maximum absolute atomic E-state index is 2.45. The molecule has 0 saturated carbocycles. The number of para-hydroxylation sites is 1. The Morgan fingerprint density at radius 1 is 0.500 bits per heavy atom. The van der Waals surface area contributed by atoms with Gasteiger partial charge in [-0.05, 0) is 58.3 Å². The molecule has 0 spiro atoms. The molecule has 1 aliphatic rings. The third-order valence-corrected chi connectivity index (χ3v) is 6.35. The second-order valence-corrected chi connectivity index (χ2v) is 7.83. The maximum Gasteiger partial charge on any atom is 0.0547 e. The number of nitrogens with zero attached hydrogens (tertiary/aromatic N) is 1. The third-order valence-electron chi connectivity index (χ3n) is 6.35. The summed E-state index contributed by atoms with van der Waals surface area (Å²) in [6, 6.07) is 33.5. The highest BCUT2D eigenvalue weighted by molar-refractivity contribution is 6.16. The molecule has 0 radical (unpaired) electrons. The summed E-state index contributed by atoms with van der Waals surface area (Å²) in [6.07, 6.45) is 1.02. The first-order valence-electron chi connectivity index (χ1n) is 9.84. The van der Waals surface area contributed by atoms with Gasteiger partial charge in [0.05, 0.1) is 16.6 Å². The van der Waals surface area contributed by atoms with Crippen molar-refractivity contribution < 1.29 is 0 Å². The van der Waals surface area contributed by atoms with E-state index in [9.17, 15) is 0 Å². The highest BCUT2D eigenvalue weighted by atomic mass is 14.9. The van der Waals surface area contributed by atoms with Gasteiger partial charge in [0.1, 0.15) is 0 Å². The second-order valence-electron chi connectivity index (χ2n) is 7.83. The van der Waals surface area contributed by atoms with E-state index in [-0.39, 0.29) is 0 Å². The highest BCUT2D eigenvalue weighted by Gasteiger charge is 2.21. The zero-order valence-corrected chi connectivity index (χ0v) is 15.3. The van der Waals surface area contributed by atoms with E-state index < -0.39 is 0 Å². The number of hydrogen-bond acceptors (Lipinski definition) is 0. The van der Waals surface area contributed by atoms with Crippen LogP contribution in [0.3, 0.4) is 0 Å². The Morgan fingerprint density at radius 3 is 2.21 bits per heavy atom. The number of aromatic nitrogens is 1. The summed E-state index contributed by atoms with van der Waals surface area (Å²) in [6.45, 7) is 0. The second kappa shape index (κ2) is 5.02. The van der Waals surface area contributed by atoms with E-state index in [4.69, 9.17) is 0 Å². The minimum absolute atomic E-state index is 1.02. The molecule has 4 aromatic carbocycles. The molecule has 2 heterocycles. The average Bonchev–Trinajstić information content (AvgIpc) is 3.31. The van der Waals surface area contributed by atoms with Crippen LogP contribution in [0.25, 0.3) is 49.2 Å². The van der Waals surface area contributed by atoms with E-state index in [0.717, 1.165) is 6.42 Å². The molecule has 0 amide bonds. The molecule has 0 fully saturated rings. The SMILES string of the molecule is c1ccc2c(c1)Cc1cc3c(cc1-2)c1ccccc1c1cc2ccccc2n31. The fourth-order valence-corrected chi connectivity index (χ4v) is 5.13. The van der Waals surface area contributed by atoms with E-state index >= 15 is 0 Å². The van der Waals surface area contributed by atoms with E-state index in [0.29, 0.717) is 0 Å². The van der Waals surface area contributed by atoms with Crippen molar-refractivity contribution in [2.75, 3.05) is 0 Å². The van der Waals surface area contributed by atoms with Crippen LogP contribution in [0.4, 0.5) is 0 Å². The van der Waals surface area contributed by atoms with Crippen LogP contribution < -0.4 is 0 Å². The number of rotatable bonds is 0. The molecular weight excluding hydrogens is 338 g/mol. The molecule has 0 unspecified atom stereocenters. The van der Waals surface area contributed by atoms with Gasteiger partial charge in [-0.15, -0.1) is 0 Å². The molecule has 0 saturated heterocycles. The molecule has 0 atom stereocenters. The normalized spacial score (nSPS) is 12.9. The van der Waals surface area contributed by atoms with Gasteiger partial charge in [0, 0.05) is 16.2 Å². The molecule has 130 valence electrons. The third kappa shape index (κ3) is 1.72. The summed E-state index contributed by atoms with van der Waals surface area (Å²) in [5.41, 5.74) is 9.53. The molecule has 0 aliphatic heterocycles. The van der Waals surface area contributed by atoms with Gasteiger partial charge in [-0.1, -0.05) is 66.7 Å². The molecule has 1 aliphatic carbocycles. The van der Waals surface area contributed by atoms with Crippen molar-refractivity contribution >= 4 is 38.1 Å². The van der Waals surface area contributed by atoms with Gasteiger partial charge in [-0.25, -0.2) is 0 Å². The van der Waals surface area contributed by atoms with Crippen molar-refractivity contribution in [3.63, 3.8) is 0 Å². The van der Waals surface area contributed by atoms with Crippen molar-refractivity contribution in [2.45, 2.75) is 6.42 Å². The van der Waals surface area contributed by atoms with Crippen molar-refractivity contribution in [1.82, 2.24) is 4.40 Å². The predicted octanol–water partition coefficient (Wildman–Crippen LogP) is 6.97. The number of hydrogen-bond donors (Lipinski definition) is 0. The molecular formula is C27H17N. The smallest absolute Gasteiger partial charge is 0.0547 e. The molecule has 2 aromatic heterocycles. The van der Waals surface area contributed by atoms with E-state index in [1.54, 1.807) is 0 Å². The van der Waals surface area contributed by atoms with Gasteiger partial charge in [-0.3, -0.25) is 0 Å². The lowest BCUT2D eigenvalue weighted by Crippen LogP contribution is -1.93. The first kappa shape index (κ1) is 14.5. The van der Waals surface area contributed by atoms with Gasteiger partial charge >= 0.3 is 0 Å². The van der Waals surface area contributed by atoms with Crippen molar-refractivity contribution in [3.8, 4) is 11.1 Å². The quantitative estimate of drug-likeness (QED) is 0.259. The Kier molecular flexibility index (Phi) is 2.60. The van der Waals surface area contributed by atoms with Crippen molar-refractivity contribution in [3.05, 3.63) is 102 Å². The van der Waals surface area contributed by atoms with Crippen molar-refractivity contribution in [1.29, 1.82) is 0 Å². The van der Waals surface area contributed by atoms with Crippen LogP contribution in [-0.4, -0.2) is 4.40 Å². The Balaban J connectivity index is 1.76. The Bertz CT molecular complexity index is 1580. The summed E-state index contributed by atoms with van der Waals surface area (Å²) in [7, 11) is 0. The number of fused-ring (bicyclic) bond motifs is 11. The molecule has 0 bridgehead atoms. The van der Waals surface area contributed by atoms with Crippen molar-refractivity contribution in [2.24, 2.45) is 0 Å². The van der Waals surface area contributed by atoms with E-state index in [1.165, 1.54) is 60.3 Å². The van der Waals surface area contributed by atoms with Crippen LogP contribution in [-0.2, 0) is 6.42 Å². The molecule has 1 heteroatoms. The highest BCUT2D eigenvalue weighted by Crippen LogP contribution is 2.42. The summed E-state index contributed by atoms with van der Waals surface area (Å²) < 4.78 is 2.45. The monoisotopic (exact) mass is 355 g/mol. The average molecular weight is 355 g/mol. The Labute approximate surface area is 162 Å². The minimum Gasteiger partial charge on any atom is -0.309 e. The van der Waals surface area contributed by atoms with Gasteiger partial charge < -0.3 is 4.40 Å². The van der Waals surface area contributed by atoms with E-state index in [1.807, 2.05) is 0 Å². The molecule has 1 nitrogen and oxygen atoms in total. The van der Waals surface area contributed by atoms with Crippen LogP contribution in [0.5, 0.6) is 0 Å². The van der Waals surface area contributed by atoms with Gasteiger partial charge in [0.25, 0.3) is 0 Å². The predicted molar refractivity (Wildman–Crippen MR) is 118 cm³/mol. The summed E-state index contributed by atoms with van der Waals surface area (Å²) in [5.74, 6) is 0. The summed E-state index contributed by atoms with van der Waals surface area (Å²) in [5, 5.41) is 5.28. The topological polar surface area (TPSA) is 4.41 Å². The Hall–Kier alpha value is -3.58. The van der Waals surface area contributed by atoms with Gasteiger partial charge in [-0.2, -0.15) is 0 Å². The molecule has 28 heavy (non-hydrogen) atoms. The van der Waals surface area contributed by atoms with Crippen LogP contribution >= 0.6 is 0 Å². The van der Waals surface area contributed by atoms with Crippen LogP contribution in [0.2, 0.25) is 0 Å². The first-order valence-corrected chi connectivity index (χ1v) is 9.84. The summed E-state index contributed by atoms with van der Waals surface area (Å²) in [4.78, 5) is 0. The fourth-order valence-electron chi connectivity index (χ4n) is 5.13. The van der Waals surface area contributed by atoms with Crippen LogP contribution in [0, 0.1) is 0 Å². The molecule has 7 rings (SSSR count). The van der Waals surface area contributed by atoms with Crippen LogP contribution in [0.15, 0.2) is 91.0 Å². The van der Waals surface area contributed by atoms with Gasteiger partial charge in [0.2, 0.25) is 0 Å². The molecule has 6 aromatic rings. The van der Waals surface area contributed by atoms with Crippen LogP contribution in [0.1, 0.15) is 11.1 Å². The standard InChI is InChI=1S/C27H17N/c1-3-9-20-17(7-1)13-19-15-27-24(16-23(19)20)21-10-4-5-11-22(21)26-14-18-8-2-6-12-25(18)28(26)27/h1-12,14-16H,13H2. The molecule has 0 N–H and O–H groups in total. The zero-order valence-electron chi connectivity index (χ0n) is 15.3. The van der Waals surface area contributed by atoms with Gasteiger partial charge in [0.15, 0.2) is 0 Å². The number of benzene rings is 4. The lowest BCUT2D eigenvalue weighted by molar-refractivity contribution is 1.26. The largest absolute Gasteiger partial charge is 0.309 e. The lowest BCUT2D eigenvalue weighted by Gasteiger charge is -2.12. The minimum atomic E-state index is 1.02. The summed E-state index contributed by atoms with van der Waals surface area (Å²) >= 11 is 0. The van der Waals surface area contributed by atoms with E-state index in [2.05, 4.69) is 95.4 Å².